The van der Waals surface area contributed by atoms with E-state index < -0.39 is 0 Å². The number of aryl methyl sites for hydroxylation is 1. The Labute approximate surface area is 124 Å². The zero-order valence-corrected chi connectivity index (χ0v) is 12.3. The van der Waals surface area contributed by atoms with Crippen molar-refractivity contribution in [3.05, 3.63) is 34.9 Å². The minimum atomic E-state index is -0.319. The molecule has 112 valence electrons. The minimum Gasteiger partial charge on any atom is -0.466 e. The topological polar surface area (TPSA) is 76.4 Å². The summed E-state index contributed by atoms with van der Waals surface area (Å²) in [6.45, 7) is 4.18. The first-order valence-electron chi connectivity index (χ1n) is 6.93. The lowest BCUT2D eigenvalue weighted by Crippen LogP contribution is -2.08. The predicted octanol–water partition coefficient (Wildman–Crippen LogP) is 2.16. The summed E-state index contributed by atoms with van der Waals surface area (Å²) < 4.78 is 9.73. The van der Waals surface area contributed by atoms with Crippen LogP contribution in [-0.4, -0.2) is 25.2 Å². The summed E-state index contributed by atoms with van der Waals surface area (Å²) in [7, 11) is 0. The number of carbonyl (C=O) groups excluding carboxylic acids is 2. The van der Waals surface area contributed by atoms with Crippen LogP contribution in [0.3, 0.4) is 0 Å². The fourth-order valence-corrected chi connectivity index (χ4v) is 1.90. The number of hydrogen-bond donors (Lipinski definition) is 0. The van der Waals surface area contributed by atoms with Crippen LogP contribution in [0.1, 0.15) is 37.0 Å². The highest BCUT2D eigenvalue weighted by molar-refractivity contribution is 5.73. The van der Waals surface area contributed by atoms with Crippen LogP contribution in [-0.2, 0) is 31.9 Å². The Bertz CT molecular complexity index is 546. The highest BCUT2D eigenvalue weighted by Gasteiger charge is 2.10. The van der Waals surface area contributed by atoms with Gasteiger partial charge in [0.25, 0.3) is 0 Å². The fourth-order valence-electron chi connectivity index (χ4n) is 1.90. The summed E-state index contributed by atoms with van der Waals surface area (Å²) >= 11 is 0. The third-order valence-electron chi connectivity index (χ3n) is 2.85. The van der Waals surface area contributed by atoms with Gasteiger partial charge in [0, 0.05) is 6.42 Å². The molecular weight excluding hydrogens is 270 g/mol. The maximum Gasteiger partial charge on any atom is 0.310 e. The van der Waals surface area contributed by atoms with Gasteiger partial charge in [-0.2, -0.15) is 5.26 Å². The summed E-state index contributed by atoms with van der Waals surface area (Å²) in [4.78, 5) is 22.8. The van der Waals surface area contributed by atoms with Crippen LogP contribution in [0.15, 0.2) is 18.2 Å². The van der Waals surface area contributed by atoms with E-state index >= 15 is 0 Å². The van der Waals surface area contributed by atoms with E-state index in [0.717, 1.165) is 11.1 Å². The molecule has 0 saturated heterocycles. The summed E-state index contributed by atoms with van der Waals surface area (Å²) in [6.07, 6.45) is 0.821. The van der Waals surface area contributed by atoms with Crippen LogP contribution in [0.2, 0.25) is 0 Å². The van der Waals surface area contributed by atoms with Crippen LogP contribution in [0.5, 0.6) is 0 Å². The zero-order valence-electron chi connectivity index (χ0n) is 12.3. The quantitative estimate of drug-likeness (QED) is 0.719. The molecule has 1 rings (SSSR count). The van der Waals surface area contributed by atoms with Gasteiger partial charge in [0.2, 0.25) is 0 Å². The van der Waals surface area contributed by atoms with Gasteiger partial charge in [0.15, 0.2) is 0 Å². The molecule has 0 spiro atoms. The molecular formula is C16H19NO4. The molecule has 5 nitrogen and oxygen atoms in total. The van der Waals surface area contributed by atoms with Crippen LogP contribution in [0.4, 0.5) is 0 Å². The van der Waals surface area contributed by atoms with E-state index in [-0.39, 0.29) is 24.8 Å². The van der Waals surface area contributed by atoms with E-state index in [1.165, 1.54) is 0 Å². The van der Waals surface area contributed by atoms with Gasteiger partial charge in [-0.15, -0.1) is 0 Å². The van der Waals surface area contributed by atoms with Crippen LogP contribution in [0.25, 0.3) is 0 Å². The molecule has 0 aliphatic carbocycles. The Morgan fingerprint density at radius 2 is 1.81 bits per heavy atom. The molecule has 1 aromatic carbocycles. The van der Waals surface area contributed by atoms with E-state index in [2.05, 4.69) is 6.07 Å². The molecule has 0 aliphatic heterocycles. The first-order valence-corrected chi connectivity index (χ1v) is 6.93. The van der Waals surface area contributed by atoms with Crippen molar-refractivity contribution < 1.29 is 19.1 Å². The average molecular weight is 289 g/mol. The summed E-state index contributed by atoms with van der Waals surface area (Å²) in [6, 6.07) is 7.30. The highest BCUT2D eigenvalue weighted by Crippen LogP contribution is 2.14. The Morgan fingerprint density at radius 3 is 2.43 bits per heavy atom. The molecule has 0 atom stereocenters. The number of nitriles is 1. The normalized spacial score (nSPS) is 9.76. The summed E-state index contributed by atoms with van der Waals surface area (Å²) in [5.41, 5.74) is 1.98. The lowest BCUT2D eigenvalue weighted by Gasteiger charge is -2.07. The smallest absolute Gasteiger partial charge is 0.310 e. The number of ether oxygens (including phenoxy) is 2. The van der Waals surface area contributed by atoms with Crippen LogP contribution < -0.4 is 0 Å². The molecule has 0 fully saturated rings. The third-order valence-corrected chi connectivity index (χ3v) is 2.85. The molecule has 0 aromatic heterocycles. The van der Waals surface area contributed by atoms with Crippen molar-refractivity contribution >= 4 is 11.9 Å². The third kappa shape index (κ3) is 5.65. The molecule has 0 aliphatic rings. The van der Waals surface area contributed by atoms with Gasteiger partial charge < -0.3 is 9.47 Å². The van der Waals surface area contributed by atoms with Gasteiger partial charge in [-0.25, -0.2) is 0 Å². The van der Waals surface area contributed by atoms with Crippen molar-refractivity contribution in [2.24, 2.45) is 0 Å². The van der Waals surface area contributed by atoms with Crippen molar-refractivity contribution in [3.63, 3.8) is 0 Å². The first kappa shape index (κ1) is 16.7. The van der Waals surface area contributed by atoms with Crippen molar-refractivity contribution in [2.75, 3.05) is 13.2 Å². The van der Waals surface area contributed by atoms with Crippen molar-refractivity contribution in [3.8, 4) is 6.07 Å². The van der Waals surface area contributed by atoms with Gasteiger partial charge in [-0.05, 0) is 37.5 Å². The molecule has 0 unspecified atom stereocenters. The SMILES string of the molecule is CCOC(=O)CCc1ccc(CC(=O)OCC)cc1C#N. The molecule has 0 bridgehead atoms. The Balaban J connectivity index is 2.73. The highest BCUT2D eigenvalue weighted by atomic mass is 16.5. The molecule has 5 heteroatoms. The van der Waals surface area contributed by atoms with Gasteiger partial charge in [0.05, 0.1) is 31.3 Å². The second kappa shape index (κ2) is 8.75. The van der Waals surface area contributed by atoms with Crippen LogP contribution >= 0.6 is 0 Å². The molecule has 0 radical (unpaired) electrons. The Kier molecular flexibility index (Phi) is 6.96. The largest absolute Gasteiger partial charge is 0.466 e. The monoisotopic (exact) mass is 289 g/mol. The average Bonchev–Trinajstić information content (AvgIpc) is 2.46. The predicted molar refractivity (Wildman–Crippen MR) is 76.4 cm³/mol. The van der Waals surface area contributed by atoms with Gasteiger partial charge in [0.1, 0.15) is 0 Å². The van der Waals surface area contributed by atoms with E-state index in [0.29, 0.717) is 25.2 Å². The van der Waals surface area contributed by atoms with Gasteiger partial charge in [-0.3, -0.25) is 9.59 Å². The molecule has 0 heterocycles. The zero-order chi connectivity index (χ0) is 15.7. The fraction of sp³-hybridized carbons (Fsp3) is 0.438. The standard InChI is InChI=1S/C16H19NO4/c1-3-20-15(18)8-7-13-6-5-12(9-14(13)11-17)10-16(19)21-4-2/h5-6,9H,3-4,7-8,10H2,1-2H3. The molecule has 0 saturated carbocycles. The number of benzene rings is 1. The van der Waals surface area contributed by atoms with Gasteiger partial charge in [-0.1, -0.05) is 12.1 Å². The second-order valence-electron chi connectivity index (χ2n) is 4.39. The molecule has 1 aromatic rings. The maximum absolute atomic E-state index is 11.4. The van der Waals surface area contributed by atoms with Gasteiger partial charge >= 0.3 is 11.9 Å². The molecule has 0 N–H and O–H groups in total. The van der Waals surface area contributed by atoms with Crippen LogP contribution in [0, 0.1) is 11.3 Å². The number of esters is 2. The number of hydrogen-bond acceptors (Lipinski definition) is 5. The van der Waals surface area contributed by atoms with Crippen molar-refractivity contribution in [2.45, 2.75) is 33.1 Å². The van der Waals surface area contributed by atoms with E-state index in [1.54, 1.807) is 32.0 Å². The van der Waals surface area contributed by atoms with Crippen molar-refractivity contribution in [1.29, 1.82) is 5.26 Å². The second-order valence-corrected chi connectivity index (χ2v) is 4.39. The van der Waals surface area contributed by atoms with Crippen molar-refractivity contribution in [1.82, 2.24) is 0 Å². The Morgan fingerprint density at radius 1 is 1.14 bits per heavy atom. The minimum absolute atomic E-state index is 0.140. The van der Waals surface area contributed by atoms with E-state index in [4.69, 9.17) is 14.7 Å². The van der Waals surface area contributed by atoms with E-state index in [9.17, 15) is 9.59 Å². The lowest BCUT2D eigenvalue weighted by atomic mass is 9.99. The number of carbonyl (C=O) groups is 2. The number of rotatable bonds is 7. The number of nitrogens with zero attached hydrogens (tertiary/aromatic N) is 1. The lowest BCUT2D eigenvalue weighted by molar-refractivity contribution is -0.143. The first-order chi connectivity index (χ1) is 10.1. The summed E-state index contributed by atoms with van der Waals surface area (Å²) in [5.74, 6) is -0.599. The Hall–Kier alpha value is -2.35. The maximum atomic E-state index is 11.4. The summed E-state index contributed by atoms with van der Waals surface area (Å²) in [5, 5.41) is 9.17. The van der Waals surface area contributed by atoms with E-state index in [1.807, 2.05) is 0 Å². The molecule has 0 amide bonds. The molecule has 21 heavy (non-hydrogen) atoms.